The Kier molecular flexibility index (Phi) is 2.31. The van der Waals surface area contributed by atoms with Gasteiger partial charge in [-0.15, -0.1) is 0 Å². The summed E-state index contributed by atoms with van der Waals surface area (Å²) in [5.41, 5.74) is -0.878. The van der Waals surface area contributed by atoms with Crippen molar-refractivity contribution < 1.29 is 17.9 Å². The first-order valence-corrected chi connectivity index (χ1v) is 6.42. The fraction of sp³-hybridized carbons (Fsp3) is 0.400. The summed E-state index contributed by atoms with van der Waals surface area (Å²) < 4.78 is 35.2. The number of halogens is 1. The van der Waals surface area contributed by atoms with Crippen molar-refractivity contribution in [1.29, 1.82) is 0 Å². The molecule has 0 saturated carbocycles. The van der Waals surface area contributed by atoms with E-state index in [0.29, 0.717) is 5.56 Å². The summed E-state index contributed by atoms with van der Waals surface area (Å²) in [4.78, 5) is 0. The third-order valence-electron chi connectivity index (χ3n) is 2.67. The average Bonchev–Trinajstić information content (AvgIpc) is 2.43. The van der Waals surface area contributed by atoms with Crippen molar-refractivity contribution in [3.05, 3.63) is 35.6 Å². The van der Waals surface area contributed by atoms with Crippen LogP contribution in [0.1, 0.15) is 12.0 Å². The summed E-state index contributed by atoms with van der Waals surface area (Å²) >= 11 is 0. The standard InChI is InChI=1S/C10H11FO3S/c11-9-3-1-8(2-4-9)10(12)5-6-15(13,14)7-10/h1-4,12H,5-7H2. The second-order valence-corrected chi connectivity index (χ2v) is 6.06. The number of benzene rings is 1. The van der Waals surface area contributed by atoms with Crippen LogP contribution in [0.3, 0.4) is 0 Å². The lowest BCUT2D eigenvalue weighted by molar-refractivity contribution is 0.0652. The minimum Gasteiger partial charge on any atom is -0.384 e. The zero-order valence-electron chi connectivity index (χ0n) is 7.98. The van der Waals surface area contributed by atoms with Crippen LogP contribution in [-0.4, -0.2) is 25.0 Å². The molecule has 1 aromatic carbocycles. The van der Waals surface area contributed by atoms with E-state index in [-0.39, 0.29) is 17.9 Å². The molecule has 0 radical (unpaired) electrons. The molecule has 1 N–H and O–H groups in total. The van der Waals surface area contributed by atoms with Gasteiger partial charge in [-0.2, -0.15) is 0 Å². The van der Waals surface area contributed by atoms with Crippen molar-refractivity contribution in [3.63, 3.8) is 0 Å². The first-order valence-electron chi connectivity index (χ1n) is 4.60. The van der Waals surface area contributed by atoms with Gasteiger partial charge in [0.25, 0.3) is 0 Å². The highest BCUT2D eigenvalue weighted by molar-refractivity contribution is 7.91. The number of aliphatic hydroxyl groups is 1. The Morgan fingerprint density at radius 2 is 1.87 bits per heavy atom. The van der Waals surface area contributed by atoms with Gasteiger partial charge >= 0.3 is 0 Å². The summed E-state index contributed by atoms with van der Waals surface area (Å²) in [6.45, 7) is 0. The Morgan fingerprint density at radius 1 is 1.27 bits per heavy atom. The molecular weight excluding hydrogens is 219 g/mol. The SMILES string of the molecule is O=S1(=O)CCC(O)(c2ccc(F)cc2)C1. The fourth-order valence-corrected chi connectivity index (χ4v) is 3.65. The molecule has 0 amide bonds. The second-order valence-electron chi connectivity index (χ2n) is 3.88. The number of hydrogen-bond acceptors (Lipinski definition) is 3. The van der Waals surface area contributed by atoms with E-state index in [2.05, 4.69) is 0 Å². The van der Waals surface area contributed by atoms with Crippen molar-refractivity contribution in [2.24, 2.45) is 0 Å². The number of hydrogen-bond donors (Lipinski definition) is 1. The van der Waals surface area contributed by atoms with Crippen molar-refractivity contribution in [2.75, 3.05) is 11.5 Å². The quantitative estimate of drug-likeness (QED) is 0.777. The van der Waals surface area contributed by atoms with Gasteiger partial charge in [0.05, 0.1) is 11.5 Å². The average molecular weight is 230 g/mol. The summed E-state index contributed by atoms with van der Waals surface area (Å²) in [6, 6.07) is 5.29. The van der Waals surface area contributed by atoms with Gasteiger partial charge in [-0.25, -0.2) is 12.8 Å². The van der Waals surface area contributed by atoms with Crippen LogP contribution in [0.4, 0.5) is 4.39 Å². The number of sulfone groups is 1. The maximum absolute atomic E-state index is 12.7. The Morgan fingerprint density at radius 3 is 2.33 bits per heavy atom. The minimum absolute atomic E-state index is 0.0130. The van der Waals surface area contributed by atoms with E-state index in [4.69, 9.17) is 0 Å². The monoisotopic (exact) mass is 230 g/mol. The first kappa shape index (κ1) is 10.6. The van der Waals surface area contributed by atoms with Gasteiger partial charge in [0, 0.05) is 0 Å². The summed E-state index contributed by atoms with van der Waals surface area (Å²) in [5, 5.41) is 10.1. The molecule has 0 aliphatic carbocycles. The van der Waals surface area contributed by atoms with Crippen LogP contribution >= 0.6 is 0 Å². The van der Waals surface area contributed by atoms with E-state index in [1.54, 1.807) is 0 Å². The molecule has 15 heavy (non-hydrogen) atoms. The van der Waals surface area contributed by atoms with E-state index in [9.17, 15) is 17.9 Å². The predicted molar refractivity (Wildman–Crippen MR) is 53.6 cm³/mol. The Balaban J connectivity index is 2.35. The maximum atomic E-state index is 12.7. The highest BCUT2D eigenvalue weighted by Gasteiger charge is 2.41. The lowest BCUT2D eigenvalue weighted by atomic mass is 9.93. The van der Waals surface area contributed by atoms with Crippen LogP contribution in [0.5, 0.6) is 0 Å². The van der Waals surface area contributed by atoms with Gasteiger partial charge in [-0.3, -0.25) is 0 Å². The molecular formula is C10H11FO3S. The topological polar surface area (TPSA) is 54.4 Å². The molecule has 1 aromatic rings. The van der Waals surface area contributed by atoms with Crippen LogP contribution in [-0.2, 0) is 15.4 Å². The van der Waals surface area contributed by atoms with Crippen LogP contribution in [0.25, 0.3) is 0 Å². The summed E-state index contributed by atoms with van der Waals surface area (Å²) in [6.07, 6.45) is 0.182. The molecule has 1 atom stereocenters. The van der Waals surface area contributed by atoms with E-state index in [0.717, 1.165) is 0 Å². The highest BCUT2D eigenvalue weighted by Crippen LogP contribution is 2.33. The zero-order valence-corrected chi connectivity index (χ0v) is 8.80. The van der Waals surface area contributed by atoms with Gasteiger partial charge in [-0.05, 0) is 24.1 Å². The Hall–Kier alpha value is -0.940. The van der Waals surface area contributed by atoms with Crippen molar-refractivity contribution in [2.45, 2.75) is 12.0 Å². The molecule has 1 unspecified atom stereocenters. The molecule has 0 aromatic heterocycles. The normalized spacial score (nSPS) is 29.2. The molecule has 1 fully saturated rings. The highest BCUT2D eigenvalue weighted by atomic mass is 32.2. The third kappa shape index (κ3) is 2.03. The van der Waals surface area contributed by atoms with E-state index in [1.165, 1.54) is 24.3 Å². The largest absolute Gasteiger partial charge is 0.384 e. The van der Waals surface area contributed by atoms with Crippen LogP contribution < -0.4 is 0 Å². The molecule has 1 heterocycles. The predicted octanol–water partition coefficient (Wildman–Crippen LogP) is 0.832. The fourth-order valence-electron chi connectivity index (χ4n) is 1.82. The van der Waals surface area contributed by atoms with Crippen molar-refractivity contribution in [1.82, 2.24) is 0 Å². The van der Waals surface area contributed by atoms with Gasteiger partial charge in [0.1, 0.15) is 11.4 Å². The zero-order chi connectivity index (χ0) is 11.1. The lowest BCUT2D eigenvalue weighted by Crippen LogP contribution is -2.26. The van der Waals surface area contributed by atoms with Crippen LogP contribution in [0.2, 0.25) is 0 Å². The Labute approximate surface area is 87.5 Å². The van der Waals surface area contributed by atoms with E-state index < -0.39 is 21.3 Å². The molecule has 5 heteroatoms. The molecule has 3 nitrogen and oxygen atoms in total. The lowest BCUT2D eigenvalue weighted by Gasteiger charge is -2.20. The van der Waals surface area contributed by atoms with Crippen molar-refractivity contribution >= 4 is 9.84 Å². The van der Waals surface area contributed by atoms with Gasteiger partial charge in [0.2, 0.25) is 0 Å². The molecule has 1 aliphatic heterocycles. The van der Waals surface area contributed by atoms with Gasteiger partial charge in [-0.1, -0.05) is 12.1 Å². The van der Waals surface area contributed by atoms with Crippen LogP contribution in [0, 0.1) is 5.82 Å². The van der Waals surface area contributed by atoms with Gasteiger partial charge in [0.15, 0.2) is 9.84 Å². The molecule has 0 spiro atoms. The molecule has 2 rings (SSSR count). The van der Waals surface area contributed by atoms with E-state index in [1.807, 2.05) is 0 Å². The summed E-state index contributed by atoms with van der Waals surface area (Å²) in [5.74, 6) is -0.685. The molecule has 0 bridgehead atoms. The summed E-state index contributed by atoms with van der Waals surface area (Å²) in [7, 11) is -3.16. The third-order valence-corrected chi connectivity index (χ3v) is 4.41. The maximum Gasteiger partial charge on any atom is 0.153 e. The molecule has 1 aliphatic rings. The minimum atomic E-state index is -3.16. The molecule has 1 saturated heterocycles. The number of rotatable bonds is 1. The van der Waals surface area contributed by atoms with Crippen molar-refractivity contribution in [3.8, 4) is 0 Å². The first-order chi connectivity index (χ1) is 6.91. The second kappa shape index (κ2) is 3.28. The molecule has 82 valence electrons. The van der Waals surface area contributed by atoms with Gasteiger partial charge < -0.3 is 5.11 Å². The Bertz CT molecular complexity index is 466. The smallest absolute Gasteiger partial charge is 0.153 e. The van der Waals surface area contributed by atoms with E-state index >= 15 is 0 Å². The van der Waals surface area contributed by atoms with Crippen LogP contribution in [0.15, 0.2) is 24.3 Å².